The molecule has 0 spiro atoms. The lowest BCUT2D eigenvalue weighted by Crippen LogP contribution is -1.80. The molecule has 0 N–H and O–H groups in total. The van der Waals surface area contributed by atoms with Gasteiger partial charge in [-0.3, -0.25) is 0 Å². The maximum Gasteiger partial charge on any atom is 0.124 e. The molecule has 0 atom stereocenters. The zero-order chi connectivity index (χ0) is 9.52. The Balaban J connectivity index is 2.33. The Morgan fingerprint density at radius 1 is 1.46 bits per heavy atom. The molecule has 0 unspecified atom stereocenters. The van der Waals surface area contributed by atoms with Crippen molar-refractivity contribution < 1.29 is 4.39 Å². The standard InChI is InChI=1S/C10H10FNS/c11-9-4-3-5-10(8-9)13-7-2-1-6-12/h3-5,8H,1-2,7H2. The van der Waals surface area contributed by atoms with Crippen molar-refractivity contribution in [2.45, 2.75) is 17.7 Å². The van der Waals surface area contributed by atoms with Crippen LogP contribution in [0.1, 0.15) is 12.8 Å². The van der Waals surface area contributed by atoms with Gasteiger partial charge in [-0.1, -0.05) is 6.07 Å². The van der Waals surface area contributed by atoms with Gasteiger partial charge in [-0.2, -0.15) is 5.26 Å². The van der Waals surface area contributed by atoms with E-state index in [1.165, 1.54) is 12.1 Å². The Hall–Kier alpha value is -1.01. The predicted molar refractivity (Wildman–Crippen MR) is 52.0 cm³/mol. The van der Waals surface area contributed by atoms with Crippen LogP contribution in [0.2, 0.25) is 0 Å². The van der Waals surface area contributed by atoms with Gasteiger partial charge < -0.3 is 0 Å². The molecule has 1 aromatic carbocycles. The quantitative estimate of drug-likeness (QED) is 0.544. The van der Waals surface area contributed by atoms with E-state index in [-0.39, 0.29) is 5.82 Å². The molecule has 3 heteroatoms. The van der Waals surface area contributed by atoms with Crippen LogP contribution in [0.4, 0.5) is 4.39 Å². The molecule has 0 aromatic heterocycles. The van der Waals surface area contributed by atoms with Crippen LogP contribution in [0.5, 0.6) is 0 Å². The predicted octanol–water partition coefficient (Wildman–Crippen LogP) is 3.22. The monoisotopic (exact) mass is 195 g/mol. The van der Waals surface area contributed by atoms with Crippen molar-refractivity contribution in [3.63, 3.8) is 0 Å². The first-order valence-corrected chi connectivity index (χ1v) is 5.07. The Kier molecular flexibility index (Phi) is 4.34. The smallest absolute Gasteiger partial charge is 0.124 e. The third-order valence-corrected chi connectivity index (χ3v) is 2.58. The highest BCUT2D eigenvalue weighted by Crippen LogP contribution is 2.19. The number of benzene rings is 1. The lowest BCUT2D eigenvalue weighted by atomic mass is 10.3. The molecule has 1 rings (SSSR count). The number of unbranched alkanes of at least 4 members (excludes halogenated alkanes) is 1. The zero-order valence-corrected chi connectivity index (χ0v) is 7.98. The Morgan fingerprint density at radius 3 is 3.00 bits per heavy atom. The maximum absolute atomic E-state index is 12.7. The Bertz CT molecular complexity index is 306. The van der Waals surface area contributed by atoms with Crippen molar-refractivity contribution in [3.05, 3.63) is 30.1 Å². The number of nitrogens with zero attached hydrogens (tertiary/aromatic N) is 1. The fourth-order valence-electron chi connectivity index (χ4n) is 0.898. The number of rotatable bonds is 4. The van der Waals surface area contributed by atoms with E-state index in [0.717, 1.165) is 17.1 Å². The number of halogens is 1. The summed E-state index contributed by atoms with van der Waals surface area (Å²) in [5.74, 6) is 0.669. The number of hydrogen-bond donors (Lipinski definition) is 0. The molecule has 0 saturated carbocycles. The first kappa shape index (κ1) is 10.1. The van der Waals surface area contributed by atoms with Gasteiger partial charge in [0.2, 0.25) is 0 Å². The van der Waals surface area contributed by atoms with E-state index in [4.69, 9.17) is 5.26 Å². The second-order valence-electron chi connectivity index (χ2n) is 2.57. The highest BCUT2D eigenvalue weighted by molar-refractivity contribution is 7.99. The summed E-state index contributed by atoms with van der Waals surface area (Å²) in [6.07, 6.45) is 1.43. The van der Waals surface area contributed by atoms with Crippen LogP contribution in [0.25, 0.3) is 0 Å². The van der Waals surface area contributed by atoms with E-state index in [1.807, 2.05) is 6.07 Å². The van der Waals surface area contributed by atoms with Crippen molar-refractivity contribution >= 4 is 11.8 Å². The molecule has 0 saturated heterocycles. The molecule has 0 aliphatic rings. The molecule has 0 amide bonds. The number of nitriles is 1. The summed E-state index contributed by atoms with van der Waals surface area (Å²) in [6, 6.07) is 8.59. The second-order valence-corrected chi connectivity index (χ2v) is 3.74. The fraction of sp³-hybridized carbons (Fsp3) is 0.300. The van der Waals surface area contributed by atoms with Gasteiger partial charge in [0, 0.05) is 11.3 Å². The van der Waals surface area contributed by atoms with Gasteiger partial charge in [-0.25, -0.2) is 4.39 Å². The van der Waals surface area contributed by atoms with Crippen LogP contribution < -0.4 is 0 Å². The van der Waals surface area contributed by atoms with E-state index < -0.39 is 0 Å². The molecule has 0 aliphatic heterocycles. The van der Waals surface area contributed by atoms with Gasteiger partial charge in [0.05, 0.1) is 6.07 Å². The van der Waals surface area contributed by atoms with Crippen LogP contribution in [0.3, 0.4) is 0 Å². The van der Waals surface area contributed by atoms with Crippen molar-refractivity contribution in [2.24, 2.45) is 0 Å². The molecule has 13 heavy (non-hydrogen) atoms. The Morgan fingerprint density at radius 2 is 2.31 bits per heavy atom. The molecule has 0 bridgehead atoms. The molecule has 1 nitrogen and oxygen atoms in total. The molecule has 0 radical (unpaired) electrons. The normalized spacial score (nSPS) is 9.54. The third-order valence-electron chi connectivity index (χ3n) is 1.50. The third kappa shape index (κ3) is 3.95. The van der Waals surface area contributed by atoms with Gasteiger partial charge in [-0.15, -0.1) is 11.8 Å². The molecule has 0 aliphatic carbocycles. The van der Waals surface area contributed by atoms with Crippen LogP contribution >= 0.6 is 11.8 Å². The van der Waals surface area contributed by atoms with Crippen molar-refractivity contribution in [3.8, 4) is 6.07 Å². The molecular weight excluding hydrogens is 185 g/mol. The summed E-state index contributed by atoms with van der Waals surface area (Å²) < 4.78 is 12.7. The topological polar surface area (TPSA) is 23.8 Å². The summed E-state index contributed by atoms with van der Waals surface area (Å²) >= 11 is 1.58. The van der Waals surface area contributed by atoms with Crippen LogP contribution in [0, 0.1) is 17.1 Å². The number of thioether (sulfide) groups is 1. The number of hydrogen-bond acceptors (Lipinski definition) is 2. The largest absolute Gasteiger partial charge is 0.207 e. The highest BCUT2D eigenvalue weighted by atomic mass is 32.2. The summed E-state index contributed by atoms with van der Waals surface area (Å²) in [6.45, 7) is 0. The van der Waals surface area contributed by atoms with Crippen molar-refractivity contribution in [2.75, 3.05) is 5.75 Å². The first-order chi connectivity index (χ1) is 6.33. The SMILES string of the molecule is N#CCCCSc1cccc(F)c1. The minimum absolute atomic E-state index is 0.203. The lowest BCUT2D eigenvalue weighted by molar-refractivity contribution is 0.624. The minimum atomic E-state index is -0.203. The summed E-state index contributed by atoms with van der Waals surface area (Å²) in [5, 5.41) is 8.29. The minimum Gasteiger partial charge on any atom is -0.207 e. The molecular formula is C10H10FNS. The van der Waals surface area contributed by atoms with Crippen molar-refractivity contribution in [1.82, 2.24) is 0 Å². The fourth-order valence-corrected chi connectivity index (χ4v) is 1.79. The van der Waals surface area contributed by atoms with Crippen LogP contribution in [-0.2, 0) is 0 Å². The van der Waals surface area contributed by atoms with E-state index in [9.17, 15) is 4.39 Å². The van der Waals surface area contributed by atoms with Gasteiger partial charge in [0.1, 0.15) is 5.82 Å². The lowest BCUT2D eigenvalue weighted by Gasteiger charge is -1.98. The Labute approximate surface area is 81.6 Å². The molecule has 0 fully saturated rings. The van der Waals surface area contributed by atoms with Crippen molar-refractivity contribution in [1.29, 1.82) is 5.26 Å². The van der Waals surface area contributed by atoms with E-state index in [0.29, 0.717) is 6.42 Å². The van der Waals surface area contributed by atoms with Gasteiger partial charge in [0.25, 0.3) is 0 Å². The van der Waals surface area contributed by atoms with Crippen LogP contribution in [0.15, 0.2) is 29.2 Å². The molecule has 1 aromatic rings. The average Bonchev–Trinajstić information content (AvgIpc) is 2.13. The highest BCUT2D eigenvalue weighted by Gasteiger charge is 1.95. The summed E-state index contributed by atoms with van der Waals surface area (Å²) in [4.78, 5) is 0.929. The van der Waals surface area contributed by atoms with E-state index in [2.05, 4.69) is 6.07 Å². The first-order valence-electron chi connectivity index (χ1n) is 4.08. The van der Waals surface area contributed by atoms with Crippen LogP contribution in [-0.4, -0.2) is 5.75 Å². The second kappa shape index (κ2) is 5.60. The summed E-state index contributed by atoms with van der Waals surface area (Å²) in [7, 11) is 0. The van der Waals surface area contributed by atoms with E-state index >= 15 is 0 Å². The molecule has 0 heterocycles. The maximum atomic E-state index is 12.7. The average molecular weight is 195 g/mol. The van der Waals surface area contributed by atoms with Gasteiger partial charge in [-0.05, 0) is 30.4 Å². The van der Waals surface area contributed by atoms with E-state index in [1.54, 1.807) is 17.8 Å². The summed E-state index contributed by atoms with van der Waals surface area (Å²) in [5.41, 5.74) is 0. The van der Waals surface area contributed by atoms with Gasteiger partial charge in [0.15, 0.2) is 0 Å². The van der Waals surface area contributed by atoms with Gasteiger partial charge >= 0.3 is 0 Å². The zero-order valence-electron chi connectivity index (χ0n) is 7.16. The molecule has 68 valence electrons.